The number of carbonyl (C=O) groups is 1. The molecule has 0 aromatic heterocycles. The monoisotopic (exact) mass is 180 g/mol. The molecule has 0 saturated heterocycles. The maximum atomic E-state index is 10.9. The van der Waals surface area contributed by atoms with E-state index in [1.807, 2.05) is 0 Å². The minimum Gasteiger partial charge on any atom is -0.463 e. The van der Waals surface area contributed by atoms with E-state index in [9.17, 15) is 4.79 Å². The first-order valence-electron chi connectivity index (χ1n) is 4.04. The number of unbranched alkanes of at least 4 members (excludes halogenated alkanes) is 1. The summed E-state index contributed by atoms with van der Waals surface area (Å²) in [5, 5.41) is 0. The lowest BCUT2D eigenvalue weighted by Crippen LogP contribution is -2.18. The van der Waals surface area contributed by atoms with E-state index in [0.717, 1.165) is 12.8 Å². The summed E-state index contributed by atoms with van der Waals surface area (Å²) in [5.41, 5.74) is 0. The summed E-state index contributed by atoms with van der Waals surface area (Å²) in [5.74, 6) is -0.474. The third-order valence-electron chi connectivity index (χ3n) is 1.63. The van der Waals surface area contributed by atoms with Crippen molar-refractivity contribution in [1.29, 1.82) is 0 Å². The second-order valence-corrected chi connectivity index (χ2v) is 2.55. The number of rotatable bonds is 5. The lowest BCUT2D eigenvalue weighted by atomic mass is 10.1. The van der Waals surface area contributed by atoms with Crippen molar-refractivity contribution < 1.29 is 9.53 Å². The van der Waals surface area contributed by atoms with E-state index in [2.05, 4.69) is 14.4 Å². The Balaban J connectivity index is 3.69. The predicted octanol–water partition coefficient (Wildman–Crippen LogP) is 1.54. The van der Waals surface area contributed by atoms with E-state index in [4.69, 9.17) is 13.1 Å². The molecule has 1 unspecified atom stereocenters. The van der Waals surface area contributed by atoms with Gasteiger partial charge >= 0.3 is 12.0 Å². The summed E-state index contributed by atoms with van der Waals surface area (Å²) in [6.45, 7) is 13.7. The van der Waals surface area contributed by atoms with Crippen LogP contribution in [0.1, 0.15) is 19.3 Å². The Labute approximate surface area is 78.1 Å². The van der Waals surface area contributed by atoms with Crippen molar-refractivity contribution in [3.8, 4) is 0 Å². The SMILES string of the molecule is [C-]#[N+]CCCCC([N+]#[C-])C(=O)OC. The third-order valence-corrected chi connectivity index (χ3v) is 1.63. The van der Waals surface area contributed by atoms with Gasteiger partial charge in [0.15, 0.2) is 0 Å². The van der Waals surface area contributed by atoms with Gasteiger partial charge in [0.25, 0.3) is 0 Å². The number of nitrogens with zero attached hydrogens (tertiary/aromatic N) is 2. The van der Waals surface area contributed by atoms with Crippen LogP contribution in [0, 0.1) is 13.1 Å². The van der Waals surface area contributed by atoms with E-state index in [-0.39, 0.29) is 0 Å². The average Bonchev–Trinajstić information content (AvgIpc) is 2.17. The van der Waals surface area contributed by atoms with Crippen molar-refractivity contribution in [3.05, 3.63) is 22.8 Å². The van der Waals surface area contributed by atoms with Gasteiger partial charge in [0.1, 0.15) is 0 Å². The Morgan fingerprint density at radius 1 is 1.46 bits per heavy atom. The number of hydrogen-bond acceptors (Lipinski definition) is 2. The number of carbonyl (C=O) groups excluding carboxylic acids is 1. The van der Waals surface area contributed by atoms with Gasteiger partial charge in [0.2, 0.25) is 6.54 Å². The Morgan fingerprint density at radius 2 is 2.15 bits per heavy atom. The molecule has 0 aliphatic rings. The van der Waals surface area contributed by atoms with Gasteiger partial charge in [-0.3, -0.25) is 0 Å². The van der Waals surface area contributed by atoms with Crippen LogP contribution in [-0.4, -0.2) is 25.7 Å². The molecular formula is C9H12N2O2. The fraction of sp³-hybridized carbons (Fsp3) is 0.667. The van der Waals surface area contributed by atoms with Gasteiger partial charge < -0.3 is 14.4 Å². The van der Waals surface area contributed by atoms with Crippen molar-refractivity contribution in [3.63, 3.8) is 0 Å². The molecule has 0 saturated carbocycles. The maximum Gasteiger partial charge on any atom is 0.389 e. The second kappa shape index (κ2) is 7.12. The maximum absolute atomic E-state index is 10.9. The van der Waals surface area contributed by atoms with Crippen LogP contribution in [0.25, 0.3) is 9.69 Å². The van der Waals surface area contributed by atoms with Crippen molar-refractivity contribution in [1.82, 2.24) is 0 Å². The van der Waals surface area contributed by atoms with Crippen LogP contribution in [-0.2, 0) is 9.53 Å². The highest BCUT2D eigenvalue weighted by Crippen LogP contribution is 2.06. The zero-order chi connectivity index (χ0) is 10.1. The summed E-state index contributed by atoms with van der Waals surface area (Å²) < 4.78 is 4.45. The fourth-order valence-corrected chi connectivity index (χ4v) is 0.900. The fourth-order valence-electron chi connectivity index (χ4n) is 0.900. The molecule has 0 aliphatic carbocycles. The second-order valence-electron chi connectivity index (χ2n) is 2.55. The summed E-state index contributed by atoms with van der Waals surface area (Å²) in [6, 6.07) is -0.685. The number of methoxy groups -OCH3 is 1. The molecule has 0 heterocycles. The first kappa shape index (κ1) is 11.4. The molecule has 0 amide bonds. The highest BCUT2D eigenvalue weighted by molar-refractivity contribution is 5.77. The van der Waals surface area contributed by atoms with Gasteiger partial charge in [-0.2, -0.15) is 0 Å². The van der Waals surface area contributed by atoms with Gasteiger partial charge in [-0.05, 0) is 6.42 Å². The largest absolute Gasteiger partial charge is 0.463 e. The summed E-state index contributed by atoms with van der Waals surface area (Å²) in [7, 11) is 1.28. The predicted molar refractivity (Wildman–Crippen MR) is 47.7 cm³/mol. The molecule has 0 aromatic carbocycles. The first-order valence-corrected chi connectivity index (χ1v) is 4.04. The van der Waals surface area contributed by atoms with Crippen LogP contribution in [0.4, 0.5) is 0 Å². The van der Waals surface area contributed by atoms with Crippen molar-refractivity contribution in [2.24, 2.45) is 0 Å². The molecule has 4 nitrogen and oxygen atoms in total. The number of hydrogen-bond donors (Lipinski definition) is 0. The van der Waals surface area contributed by atoms with Gasteiger partial charge in [-0.1, -0.05) is 0 Å². The molecule has 1 atom stereocenters. The minimum atomic E-state index is -0.685. The lowest BCUT2D eigenvalue weighted by Gasteiger charge is -2.00. The zero-order valence-corrected chi connectivity index (χ0v) is 7.62. The third kappa shape index (κ3) is 4.81. The number of ether oxygens (including phenoxy) is 1. The summed E-state index contributed by atoms with van der Waals surface area (Å²) in [6.07, 6.45) is 1.96. The van der Waals surface area contributed by atoms with Crippen LogP contribution < -0.4 is 0 Å². The molecule has 0 fully saturated rings. The first-order chi connectivity index (χ1) is 6.26. The smallest absolute Gasteiger partial charge is 0.389 e. The molecule has 0 N–H and O–H groups in total. The van der Waals surface area contributed by atoms with Crippen LogP contribution in [0.2, 0.25) is 0 Å². The van der Waals surface area contributed by atoms with Crippen LogP contribution in [0.15, 0.2) is 0 Å². The Bertz CT molecular complexity index is 237. The van der Waals surface area contributed by atoms with Gasteiger partial charge in [0, 0.05) is 12.8 Å². The van der Waals surface area contributed by atoms with E-state index in [0.29, 0.717) is 13.0 Å². The van der Waals surface area contributed by atoms with Crippen molar-refractivity contribution in [2.45, 2.75) is 25.3 Å². The minimum absolute atomic E-state index is 0.464. The molecule has 0 bridgehead atoms. The van der Waals surface area contributed by atoms with Crippen LogP contribution >= 0.6 is 0 Å². The van der Waals surface area contributed by atoms with Gasteiger partial charge in [-0.25, -0.2) is 17.9 Å². The highest BCUT2D eigenvalue weighted by atomic mass is 16.5. The Morgan fingerprint density at radius 3 is 2.62 bits per heavy atom. The van der Waals surface area contributed by atoms with E-state index >= 15 is 0 Å². The molecule has 0 spiro atoms. The number of esters is 1. The quantitative estimate of drug-likeness (QED) is 0.365. The van der Waals surface area contributed by atoms with Crippen LogP contribution in [0.5, 0.6) is 0 Å². The van der Waals surface area contributed by atoms with E-state index < -0.39 is 12.0 Å². The molecule has 13 heavy (non-hydrogen) atoms. The normalized spacial score (nSPS) is 11.0. The standard InChI is InChI=1S/C9H12N2O2/c1-10-7-5-4-6-8(11-2)9(12)13-3/h8H,4-7H2,3H3. The van der Waals surface area contributed by atoms with E-state index in [1.54, 1.807) is 0 Å². The molecule has 70 valence electrons. The molecule has 4 heteroatoms. The van der Waals surface area contributed by atoms with E-state index in [1.165, 1.54) is 7.11 Å². The molecule has 0 rings (SSSR count). The van der Waals surface area contributed by atoms with Crippen LogP contribution in [0.3, 0.4) is 0 Å². The lowest BCUT2D eigenvalue weighted by molar-refractivity contribution is -0.141. The molecule has 0 radical (unpaired) electrons. The average molecular weight is 180 g/mol. The summed E-state index contributed by atoms with van der Waals surface area (Å²) >= 11 is 0. The summed E-state index contributed by atoms with van der Waals surface area (Å²) in [4.78, 5) is 17.2. The van der Waals surface area contributed by atoms with Crippen molar-refractivity contribution >= 4 is 5.97 Å². The molecule has 0 aromatic rings. The molecule has 0 aliphatic heterocycles. The van der Waals surface area contributed by atoms with Gasteiger partial charge in [-0.15, -0.1) is 0 Å². The van der Waals surface area contributed by atoms with Crippen molar-refractivity contribution in [2.75, 3.05) is 13.7 Å². The highest BCUT2D eigenvalue weighted by Gasteiger charge is 2.23. The van der Waals surface area contributed by atoms with Gasteiger partial charge in [0.05, 0.1) is 7.11 Å². The topological polar surface area (TPSA) is 35.0 Å². The molecular weight excluding hydrogens is 168 g/mol. The zero-order valence-electron chi connectivity index (χ0n) is 7.62. The Kier molecular flexibility index (Phi) is 6.27. The Hall–Kier alpha value is -1.55.